The van der Waals surface area contributed by atoms with Crippen LogP contribution in [0.2, 0.25) is 5.02 Å². The molecule has 0 fully saturated rings. The number of carbonyl (C=O) groups is 1. The van der Waals surface area contributed by atoms with Gasteiger partial charge in [-0.1, -0.05) is 39.7 Å². The summed E-state index contributed by atoms with van der Waals surface area (Å²) in [6.07, 6.45) is 2.45. The van der Waals surface area contributed by atoms with Crippen LogP contribution in [0.15, 0.2) is 65.1 Å². The number of ether oxygens (including phenoxy) is 1. The number of aromatic nitrogens is 2. The van der Waals surface area contributed by atoms with Gasteiger partial charge in [0.15, 0.2) is 0 Å². The highest BCUT2D eigenvalue weighted by Crippen LogP contribution is 2.26. The number of hydrogen-bond donors (Lipinski definition) is 1. The van der Waals surface area contributed by atoms with Crippen molar-refractivity contribution in [2.24, 2.45) is 0 Å². The largest absolute Gasteiger partial charge is 0.494 e. The van der Waals surface area contributed by atoms with Crippen molar-refractivity contribution >= 4 is 44.5 Å². The van der Waals surface area contributed by atoms with Crippen LogP contribution in [0.5, 0.6) is 5.75 Å². The summed E-state index contributed by atoms with van der Waals surface area (Å²) in [6, 6.07) is 19.5. The van der Waals surface area contributed by atoms with Gasteiger partial charge in [0, 0.05) is 34.6 Å². The minimum Gasteiger partial charge on any atom is -0.494 e. The number of para-hydroxylation sites is 2. The van der Waals surface area contributed by atoms with Gasteiger partial charge in [-0.25, -0.2) is 4.98 Å². The lowest BCUT2D eigenvalue weighted by atomic mass is 10.1. The van der Waals surface area contributed by atoms with Crippen LogP contribution in [-0.2, 0) is 13.0 Å². The van der Waals surface area contributed by atoms with Crippen molar-refractivity contribution in [3.8, 4) is 5.75 Å². The SMILES string of the molecule is Cc1cc(OCCCn2c(CCCNC(=O)c3ccc(Br)cc3)nc3ccccc32)cc(C)c1Cl. The third kappa shape index (κ3) is 6.44. The fraction of sp³-hybridized carbons (Fsp3) is 0.286. The summed E-state index contributed by atoms with van der Waals surface area (Å²) in [4.78, 5) is 17.2. The van der Waals surface area contributed by atoms with Gasteiger partial charge in [0.25, 0.3) is 5.91 Å². The highest BCUT2D eigenvalue weighted by Gasteiger charge is 2.11. The molecular formula is C28H29BrClN3O2. The number of fused-ring (bicyclic) bond motifs is 1. The first-order valence-corrected chi connectivity index (χ1v) is 13.0. The van der Waals surface area contributed by atoms with Gasteiger partial charge in [0.2, 0.25) is 0 Å². The molecule has 3 aromatic carbocycles. The van der Waals surface area contributed by atoms with Gasteiger partial charge in [-0.15, -0.1) is 0 Å². The summed E-state index contributed by atoms with van der Waals surface area (Å²) in [6.45, 7) is 6.00. The van der Waals surface area contributed by atoms with Gasteiger partial charge in [0.1, 0.15) is 11.6 Å². The van der Waals surface area contributed by atoms with E-state index in [1.165, 1.54) is 0 Å². The third-order valence-electron chi connectivity index (χ3n) is 5.91. The van der Waals surface area contributed by atoms with Crippen molar-refractivity contribution < 1.29 is 9.53 Å². The van der Waals surface area contributed by atoms with E-state index >= 15 is 0 Å². The Bertz CT molecular complexity index is 1290. The zero-order valence-electron chi connectivity index (χ0n) is 20.0. The van der Waals surface area contributed by atoms with Crippen molar-refractivity contribution in [2.75, 3.05) is 13.2 Å². The molecule has 0 atom stereocenters. The van der Waals surface area contributed by atoms with Crippen LogP contribution in [0.25, 0.3) is 11.0 Å². The number of nitrogens with zero attached hydrogens (tertiary/aromatic N) is 2. The molecule has 7 heteroatoms. The van der Waals surface area contributed by atoms with Gasteiger partial charge in [-0.2, -0.15) is 0 Å². The quantitative estimate of drug-likeness (QED) is 0.217. The second-order valence-electron chi connectivity index (χ2n) is 8.61. The maximum atomic E-state index is 12.4. The van der Waals surface area contributed by atoms with Crippen LogP contribution >= 0.6 is 27.5 Å². The molecule has 4 aromatic rings. The van der Waals surface area contributed by atoms with Gasteiger partial charge >= 0.3 is 0 Å². The second-order valence-corrected chi connectivity index (χ2v) is 9.90. The summed E-state index contributed by atoms with van der Waals surface area (Å²) in [5.74, 6) is 1.82. The molecule has 1 aromatic heterocycles. The van der Waals surface area contributed by atoms with E-state index < -0.39 is 0 Å². The molecule has 4 rings (SSSR count). The highest BCUT2D eigenvalue weighted by atomic mass is 79.9. The summed E-state index contributed by atoms with van der Waals surface area (Å²) in [5, 5.41) is 3.80. The number of carbonyl (C=O) groups excluding carboxylic acids is 1. The third-order valence-corrected chi connectivity index (χ3v) is 7.03. The van der Waals surface area contributed by atoms with Crippen LogP contribution in [0.1, 0.15) is 40.2 Å². The summed E-state index contributed by atoms with van der Waals surface area (Å²) in [7, 11) is 0. The number of halogens is 2. The van der Waals surface area contributed by atoms with E-state index in [0.717, 1.165) is 69.0 Å². The second kappa shape index (κ2) is 11.7. The van der Waals surface area contributed by atoms with Gasteiger partial charge in [-0.3, -0.25) is 4.79 Å². The van der Waals surface area contributed by atoms with Crippen molar-refractivity contribution in [3.63, 3.8) is 0 Å². The van der Waals surface area contributed by atoms with Crippen LogP contribution in [0.3, 0.4) is 0 Å². The monoisotopic (exact) mass is 553 g/mol. The number of imidazole rings is 1. The van der Waals surface area contributed by atoms with Crippen LogP contribution < -0.4 is 10.1 Å². The summed E-state index contributed by atoms with van der Waals surface area (Å²) in [5.41, 5.74) is 4.82. The van der Waals surface area contributed by atoms with Crippen molar-refractivity contribution in [3.05, 3.63) is 92.7 Å². The molecular weight excluding hydrogens is 526 g/mol. The average molecular weight is 555 g/mol. The fourth-order valence-corrected chi connectivity index (χ4v) is 4.49. The molecule has 0 aliphatic carbocycles. The van der Waals surface area contributed by atoms with Crippen molar-refractivity contribution in [2.45, 2.75) is 39.7 Å². The molecule has 1 heterocycles. The maximum absolute atomic E-state index is 12.4. The van der Waals surface area contributed by atoms with E-state index in [1.807, 2.05) is 68.4 Å². The Morgan fingerprint density at radius 1 is 1.06 bits per heavy atom. The summed E-state index contributed by atoms with van der Waals surface area (Å²) >= 11 is 9.66. The maximum Gasteiger partial charge on any atom is 0.251 e. The van der Waals surface area contributed by atoms with Crippen LogP contribution in [0.4, 0.5) is 0 Å². The van der Waals surface area contributed by atoms with Gasteiger partial charge in [-0.05, 0) is 86.3 Å². The first kappa shape index (κ1) is 25.3. The molecule has 35 heavy (non-hydrogen) atoms. The molecule has 0 bridgehead atoms. The normalized spacial score (nSPS) is 11.1. The molecule has 0 aliphatic rings. The first-order valence-electron chi connectivity index (χ1n) is 11.8. The van der Waals surface area contributed by atoms with Crippen molar-refractivity contribution in [1.29, 1.82) is 0 Å². The Morgan fingerprint density at radius 3 is 2.51 bits per heavy atom. The molecule has 5 nitrogen and oxygen atoms in total. The van der Waals surface area contributed by atoms with E-state index in [-0.39, 0.29) is 5.91 Å². The fourth-order valence-electron chi connectivity index (χ4n) is 4.12. The molecule has 0 aliphatic heterocycles. The zero-order chi connectivity index (χ0) is 24.8. The Hall–Kier alpha value is -2.83. The Balaban J connectivity index is 1.33. The van der Waals surface area contributed by atoms with E-state index in [1.54, 1.807) is 0 Å². The van der Waals surface area contributed by atoms with Gasteiger partial charge in [0.05, 0.1) is 17.6 Å². The lowest BCUT2D eigenvalue weighted by Crippen LogP contribution is -2.25. The number of aryl methyl sites for hydroxylation is 4. The number of amides is 1. The Morgan fingerprint density at radius 2 is 1.77 bits per heavy atom. The molecule has 0 saturated carbocycles. The summed E-state index contributed by atoms with van der Waals surface area (Å²) < 4.78 is 9.23. The zero-order valence-corrected chi connectivity index (χ0v) is 22.3. The van der Waals surface area contributed by atoms with E-state index in [0.29, 0.717) is 18.7 Å². The smallest absolute Gasteiger partial charge is 0.251 e. The lowest BCUT2D eigenvalue weighted by molar-refractivity contribution is 0.0953. The minimum absolute atomic E-state index is 0.0594. The van der Waals surface area contributed by atoms with Crippen molar-refractivity contribution in [1.82, 2.24) is 14.9 Å². The van der Waals surface area contributed by atoms with Crippen LogP contribution in [0, 0.1) is 13.8 Å². The number of hydrogen-bond acceptors (Lipinski definition) is 3. The predicted octanol–water partition coefficient (Wildman–Crippen LogP) is 6.90. The lowest BCUT2D eigenvalue weighted by Gasteiger charge is -2.12. The topological polar surface area (TPSA) is 56.1 Å². The Labute approximate surface area is 219 Å². The van der Waals surface area contributed by atoms with Crippen LogP contribution in [-0.4, -0.2) is 28.6 Å². The molecule has 0 spiro atoms. The number of rotatable bonds is 10. The predicted molar refractivity (Wildman–Crippen MR) is 146 cm³/mol. The van der Waals surface area contributed by atoms with Gasteiger partial charge < -0.3 is 14.6 Å². The highest BCUT2D eigenvalue weighted by molar-refractivity contribution is 9.10. The molecule has 0 unspecified atom stereocenters. The Kier molecular flexibility index (Phi) is 8.47. The minimum atomic E-state index is -0.0594. The average Bonchev–Trinajstić information content (AvgIpc) is 3.20. The molecule has 1 N–H and O–H groups in total. The standard InChI is InChI=1S/C28H29BrClN3O2/c1-19-17-23(18-20(2)27(19)30)35-16-6-15-33-25-8-4-3-7-24(25)32-26(33)9-5-14-31-28(34)21-10-12-22(29)13-11-21/h3-4,7-8,10-13,17-18H,5-6,9,14-16H2,1-2H3,(H,31,34). The van der Waals surface area contributed by atoms with E-state index in [2.05, 4.69) is 31.9 Å². The van der Waals surface area contributed by atoms with E-state index in [9.17, 15) is 4.79 Å². The molecule has 1 amide bonds. The van der Waals surface area contributed by atoms with E-state index in [4.69, 9.17) is 21.3 Å². The molecule has 0 saturated heterocycles. The molecule has 0 radical (unpaired) electrons. The first-order chi connectivity index (χ1) is 16.9. The number of benzene rings is 3. The molecule has 182 valence electrons. The number of nitrogens with one attached hydrogen (secondary N) is 1.